The molecule has 0 aromatic heterocycles. The van der Waals surface area contributed by atoms with Crippen molar-refractivity contribution < 1.29 is 0 Å². The Morgan fingerprint density at radius 3 is 2.68 bits per heavy atom. The average molecular weight is 280 g/mol. The lowest BCUT2D eigenvalue weighted by atomic mass is 9.56. The molecule has 0 saturated heterocycles. The molecule has 1 aromatic rings. The largest absolute Gasteiger partial charge is 0.316 e. The number of hydrogen-bond acceptors (Lipinski definition) is 1. The third-order valence-electron chi connectivity index (χ3n) is 4.58. The van der Waals surface area contributed by atoms with Crippen LogP contribution in [0.1, 0.15) is 45.6 Å². The lowest BCUT2D eigenvalue weighted by molar-refractivity contribution is 0.0979. The molecular formula is C17H26ClN. The molecular weight excluding hydrogens is 254 g/mol. The Kier molecular flexibility index (Phi) is 4.92. The normalized spacial score (nSPS) is 26.5. The predicted octanol–water partition coefficient (Wildman–Crippen LogP) is 4.64. The maximum Gasteiger partial charge on any atom is 0.0408 e. The summed E-state index contributed by atoms with van der Waals surface area (Å²) < 4.78 is 0. The van der Waals surface area contributed by atoms with Gasteiger partial charge in [-0.1, -0.05) is 44.5 Å². The van der Waals surface area contributed by atoms with Gasteiger partial charge in [0.2, 0.25) is 0 Å². The molecule has 1 saturated carbocycles. The summed E-state index contributed by atoms with van der Waals surface area (Å²) in [5.74, 6) is 1.65. The van der Waals surface area contributed by atoms with Crippen molar-refractivity contribution in [1.29, 1.82) is 0 Å². The first kappa shape index (κ1) is 14.9. The second kappa shape index (κ2) is 6.28. The van der Waals surface area contributed by atoms with Crippen molar-refractivity contribution >= 4 is 11.6 Å². The SMILES string of the molecule is CCCNCC1(c2cccc(Cl)c2)CC(C(C)C)C1. The molecule has 0 atom stereocenters. The number of hydrogen-bond donors (Lipinski definition) is 1. The van der Waals surface area contributed by atoms with Gasteiger partial charge in [-0.3, -0.25) is 0 Å². The summed E-state index contributed by atoms with van der Waals surface area (Å²) in [5.41, 5.74) is 1.73. The fourth-order valence-electron chi connectivity index (χ4n) is 3.22. The predicted molar refractivity (Wildman–Crippen MR) is 83.9 cm³/mol. The summed E-state index contributed by atoms with van der Waals surface area (Å²) in [6.07, 6.45) is 3.78. The van der Waals surface area contributed by atoms with Crippen LogP contribution in [-0.2, 0) is 5.41 Å². The Hall–Kier alpha value is -0.530. The van der Waals surface area contributed by atoms with E-state index in [1.165, 1.54) is 24.8 Å². The van der Waals surface area contributed by atoms with Crippen molar-refractivity contribution in [1.82, 2.24) is 5.32 Å². The molecule has 1 aliphatic rings. The molecule has 0 unspecified atom stereocenters. The van der Waals surface area contributed by atoms with Crippen LogP contribution in [-0.4, -0.2) is 13.1 Å². The standard InChI is InChI=1S/C17H26ClN/c1-4-8-19-12-17(10-14(11-17)13(2)3)15-6-5-7-16(18)9-15/h5-7,9,13-14,19H,4,8,10-12H2,1-3H3. The van der Waals surface area contributed by atoms with Gasteiger partial charge in [0.15, 0.2) is 0 Å². The molecule has 106 valence electrons. The van der Waals surface area contributed by atoms with Crippen LogP contribution in [0.4, 0.5) is 0 Å². The van der Waals surface area contributed by atoms with E-state index in [1.807, 2.05) is 6.07 Å². The van der Waals surface area contributed by atoms with Gasteiger partial charge in [0.1, 0.15) is 0 Å². The van der Waals surface area contributed by atoms with E-state index in [0.29, 0.717) is 5.41 Å². The van der Waals surface area contributed by atoms with Gasteiger partial charge in [0, 0.05) is 17.0 Å². The zero-order chi connectivity index (χ0) is 13.9. The Labute approximate surface area is 122 Å². The summed E-state index contributed by atoms with van der Waals surface area (Å²) in [6, 6.07) is 8.46. The van der Waals surface area contributed by atoms with E-state index in [-0.39, 0.29) is 0 Å². The number of nitrogens with one attached hydrogen (secondary N) is 1. The molecule has 0 aliphatic heterocycles. The summed E-state index contributed by atoms with van der Waals surface area (Å²) in [6.45, 7) is 9.09. The molecule has 1 N–H and O–H groups in total. The van der Waals surface area contributed by atoms with Gasteiger partial charge < -0.3 is 5.32 Å². The molecule has 1 aliphatic carbocycles. The van der Waals surface area contributed by atoms with E-state index < -0.39 is 0 Å². The van der Waals surface area contributed by atoms with E-state index in [4.69, 9.17) is 11.6 Å². The first-order chi connectivity index (χ1) is 9.07. The van der Waals surface area contributed by atoms with Crippen LogP contribution in [0.15, 0.2) is 24.3 Å². The van der Waals surface area contributed by atoms with E-state index in [9.17, 15) is 0 Å². The highest BCUT2D eigenvalue weighted by molar-refractivity contribution is 6.30. The van der Waals surface area contributed by atoms with Crippen molar-refractivity contribution in [2.24, 2.45) is 11.8 Å². The van der Waals surface area contributed by atoms with Crippen molar-refractivity contribution in [3.05, 3.63) is 34.9 Å². The van der Waals surface area contributed by atoms with E-state index in [1.54, 1.807) is 0 Å². The molecule has 1 fully saturated rings. The molecule has 19 heavy (non-hydrogen) atoms. The van der Waals surface area contributed by atoms with Gasteiger partial charge in [0.25, 0.3) is 0 Å². The minimum Gasteiger partial charge on any atom is -0.316 e. The van der Waals surface area contributed by atoms with Gasteiger partial charge in [-0.05, 0) is 55.3 Å². The average Bonchev–Trinajstić information content (AvgIpc) is 2.32. The van der Waals surface area contributed by atoms with Crippen LogP contribution < -0.4 is 5.32 Å². The quantitative estimate of drug-likeness (QED) is 0.748. The van der Waals surface area contributed by atoms with Gasteiger partial charge >= 0.3 is 0 Å². The molecule has 0 heterocycles. The summed E-state index contributed by atoms with van der Waals surface area (Å²) in [4.78, 5) is 0. The minimum atomic E-state index is 0.314. The van der Waals surface area contributed by atoms with Gasteiger partial charge in [-0.2, -0.15) is 0 Å². The molecule has 1 aromatic carbocycles. The topological polar surface area (TPSA) is 12.0 Å². The van der Waals surface area contributed by atoms with Crippen LogP contribution in [0.2, 0.25) is 5.02 Å². The van der Waals surface area contributed by atoms with Crippen LogP contribution in [0, 0.1) is 11.8 Å². The lowest BCUT2D eigenvalue weighted by Crippen LogP contribution is -2.50. The third kappa shape index (κ3) is 3.32. The zero-order valence-corrected chi connectivity index (χ0v) is 13.1. The highest BCUT2D eigenvalue weighted by Crippen LogP contribution is 2.50. The molecule has 0 radical (unpaired) electrons. The molecule has 0 amide bonds. The molecule has 1 nitrogen and oxygen atoms in total. The number of halogens is 1. The van der Waals surface area contributed by atoms with E-state index in [2.05, 4.69) is 44.3 Å². The Balaban J connectivity index is 2.12. The third-order valence-corrected chi connectivity index (χ3v) is 4.81. The highest BCUT2D eigenvalue weighted by Gasteiger charge is 2.45. The second-order valence-electron chi connectivity index (χ2n) is 6.38. The molecule has 2 rings (SSSR count). The second-order valence-corrected chi connectivity index (χ2v) is 6.82. The van der Waals surface area contributed by atoms with Gasteiger partial charge in [0.05, 0.1) is 0 Å². The lowest BCUT2D eigenvalue weighted by Gasteiger charge is -2.50. The van der Waals surface area contributed by atoms with Gasteiger partial charge in [-0.25, -0.2) is 0 Å². The smallest absolute Gasteiger partial charge is 0.0408 e. The Bertz CT molecular complexity index is 407. The highest BCUT2D eigenvalue weighted by atomic mass is 35.5. The fraction of sp³-hybridized carbons (Fsp3) is 0.647. The summed E-state index contributed by atoms with van der Waals surface area (Å²) in [7, 11) is 0. The molecule has 0 spiro atoms. The van der Waals surface area contributed by atoms with Crippen LogP contribution in [0.5, 0.6) is 0 Å². The summed E-state index contributed by atoms with van der Waals surface area (Å²) >= 11 is 6.17. The van der Waals surface area contributed by atoms with Crippen molar-refractivity contribution in [3.63, 3.8) is 0 Å². The fourth-order valence-corrected chi connectivity index (χ4v) is 3.41. The Morgan fingerprint density at radius 2 is 2.11 bits per heavy atom. The number of benzene rings is 1. The maximum absolute atomic E-state index is 6.17. The first-order valence-electron chi connectivity index (χ1n) is 7.54. The van der Waals surface area contributed by atoms with Crippen LogP contribution in [0.3, 0.4) is 0 Å². The monoisotopic (exact) mass is 279 g/mol. The maximum atomic E-state index is 6.17. The molecule has 0 bridgehead atoms. The minimum absolute atomic E-state index is 0.314. The van der Waals surface area contributed by atoms with Crippen molar-refractivity contribution in [2.45, 2.75) is 45.4 Å². The number of rotatable bonds is 6. The van der Waals surface area contributed by atoms with Crippen molar-refractivity contribution in [2.75, 3.05) is 13.1 Å². The van der Waals surface area contributed by atoms with Gasteiger partial charge in [-0.15, -0.1) is 0 Å². The zero-order valence-electron chi connectivity index (χ0n) is 12.4. The van der Waals surface area contributed by atoms with E-state index >= 15 is 0 Å². The van der Waals surface area contributed by atoms with Crippen LogP contribution in [0.25, 0.3) is 0 Å². The first-order valence-corrected chi connectivity index (χ1v) is 7.92. The Morgan fingerprint density at radius 1 is 1.37 bits per heavy atom. The summed E-state index contributed by atoms with van der Waals surface area (Å²) in [5, 5.41) is 4.47. The van der Waals surface area contributed by atoms with E-state index in [0.717, 1.165) is 29.9 Å². The van der Waals surface area contributed by atoms with Crippen molar-refractivity contribution in [3.8, 4) is 0 Å². The molecule has 2 heteroatoms. The van der Waals surface area contributed by atoms with Crippen LogP contribution >= 0.6 is 11.6 Å².